The van der Waals surface area contributed by atoms with Crippen molar-refractivity contribution in [1.82, 2.24) is 5.32 Å². The summed E-state index contributed by atoms with van der Waals surface area (Å²) in [6.45, 7) is -0.341. The van der Waals surface area contributed by atoms with E-state index < -0.39 is 12.5 Å². The number of halogens is 2. The van der Waals surface area contributed by atoms with Gasteiger partial charge in [-0.15, -0.1) is 0 Å². The average molecular weight is 219 g/mol. The molecule has 0 bridgehead atoms. The molecule has 86 valence electrons. The second kappa shape index (κ2) is 4.04. The van der Waals surface area contributed by atoms with Gasteiger partial charge >= 0.3 is 0 Å². The van der Waals surface area contributed by atoms with E-state index in [1.807, 2.05) is 0 Å². The van der Waals surface area contributed by atoms with Gasteiger partial charge in [-0.25, -0.2) is 8.78 Å². The molecule has 2 N–H and O–H groups in total. The minimum absolute atomic E-state index is 0.0311. The largest absolute Gasteiger partial charge is 0.385 e. The van der Waals surface area contributed by atoms with E-state index in [0.29, 0.717) is 11.8 Å². The van der Waals surface area contributed by atoms with Gasteiger partial charge in [0.05, 0.1) is 0 Å². The summed E-state index contributed by atoms with van der Waals surface area (Å²) in [5, 5.41) is 11.2. The Hall–Kier alpha value is -0.710. The summed E-state index contributed by atoms with van der Waals surface area (Å²) >= 11 is 0. The van der Waals surface area contributed by atoms with Crippen LogP contribution < -0.4 is 5.32 Å². The highest BCUT2D eigenvalue weighted by molar-refractivity contribution is 5.82. The predicted octanol–water partition coefficient (Wildman–Crippen LogP) is 0.775. The fraction of sp³-hybridized carbons (Fsp3) is 0.900. The minimum atomic E-state index is -2.79. The van der Waals surface area contributed by atoms with Crippen LogP contribution in [0.3, 0.4) is 0 Å². The van der Waals surface area contributed by atoms with Crippen LogP contribution in [0.15, 0.2) is 0 Å². The Morgan fingerprint density at radius 1 is 1.40 bits per heavy atom. The number of carbonyl (C=O) groups excluding carboxylic acids is 1. The Labute approximate surface area is 86.8 Å². The normalized spacial score (nSPS) is 35.1. The molecule has 0 aromatic heterocycles. The van der Waals surface area contributed by atoms with Crippen LogP contribution in [0.2, 0.25) is 0 Å². The van der Waals surface area contributed by atoms with Gasteiger partial charge in [-0.1, -0.05) is 6.42 Å². The molecule has 2 aliphatic rings. The van der Waals surface area contributed by atoms with Crippen molar-refractivity contribution in [2.24, 2.45) is 17.8 Å². The fourth-order valence-electron chi connectivity index (χ4n) is 2.62. The number of hydrogen-bond donors (Lipinski definition) is 2. The van der Waals surface area contributed by atoms with E-state index in [1.165, 1.54) is 6.42 Å². The molecule has 0 aromatic carbocycles. The molecular weight excluding hydrogens is 204 g/mol. The van der Waals surface area contributed by atoms with Crippen LogP contribution in [0.25, 0.3) is 0 Å². The fourth-order valence-corrected chi connectivity index (χ4v) is 2.62. The smallest absolute Gasteiger partial charge is 0.265 e. The molecule has 3 atom stereocenters. The first kappa shape index (κ1) is 10.8. The van der Waals surface area contributed by atoms with Crippen LogP contribution in [0.5, 0.6) is 0 Å². The van der Waals surface area contributed by atoms with Crippen LogP contribution in [0.4, 0.5) is 8.78 Å². The first-order valence-corrected chi connectivity index (χ1v) is 5.35. The van der Waals surface area contributed by atoms with Crippen LogP contribution in [0, 0.1) is 17.8 Å². The lowest BCUT2D eigenvalue weighted by Crippen LogP contribution is -2.37. The molecule has 0 radical (unpaired) electrons. The summed E-state index contributed by atoms with van der Waals surface area (Å²) in [7, 11) is 0. The Bertz CT molecular complexity index is 250. The molecular formula is C10H15F2NO2. The number of carbonyl (C=O) groups is 1. The molecule has 15 heavy (non-hydrogen) atoms. The van der Waals surface area contributed by atoms with Crippen molar-refractivity contribution in [2.75, 3.05) is 6.54 Å². The molecule has 0 saturated heterocycles. The summed E-state index contributed by atoms with van der Waals surface area (Å²) in [5.74, 6) is 0.829. The van der Waals surface area contributed by atoms with E-state index in [9.17, 15) is 13.6 Å². The summed E-state index contributed by atoms with van der Waals surface area (Å²) in [5.41, 5.74) is 0. The number of rotatable bonds is 4. The second-order valence-electron chi connectivity index (χ2n) is 4.43. The highest BCUT2D eigenvalue weighted by atomic mass is 19.3. The van der Waals surface area contributed by atoms with E-state index in [-0.39, 0.29) is 18.4 Å². The molecule has 0 aromatic rings. The maximum absolute atomic E-state index is 11.9. The number of fused-ring (bicyclic) bond motifs is 1. The summed E-state index contributed by atoms with van der Waals surface area (Å²) in [4.78, 5) is 11.5. The summed E-state index contributed by atoms with van der Waals surface area (Å²) < 4.78 is 23.8. The number of amides is 1. The maximum Gasteiger partial charge on any atom is 0.265 e. The lowest BCUT2D eigenvalue weighted by Gasteiger charge is -2.11. The Morgan fingerprint density at radius 3 is 2.53 bits per heavy atom. The Balaban J connectivity index is 1.70. The topological polar surface area (TPSA) is 49.3 Å². The average Bonchev–Trinajstić information content (AvgIpc) is 2.68. The third-order valence-corrected chi connectivity index (χ3v) is 3.49. The highest BCUT2D eigenvalue weighted by Gasteiger charge is 2.56. The van der Waals surface area contributed by atoms with E-state index in [1.54, 1.807) is 0 Å². The lowest BCUT2D eigenvalue weighted by atomic mass is 10.1. The van der Waals surface area contributed by atoms with Crippen LogP contribution in [-0.4, -0.2) is 30.1 Å². The van der Waals surface area contributed by atoms with Crippen LogP contribution in [0.1, 0.15) is 19.3 Å². The van der Waals surface area contributed by atoms with Crippen LogP contribution in [-0.2, 0) is 4.79 Å². The quantitative estimate of drug-likeness (QED) is 0.734. The van der Waals surface area contributed by atoms with Crippen molar-refractivity contribution in [3.8, 4) is 0 Å². The molecule has 3 unspecified atom stereocenters. The molecule has 0 spiro atoms. The number of hydrogen-bond acceptors (Lipinski definition) is 2. The zero-order valence-electron chi connectivity index (χ0n) is 8.33. The van der Waals surface area contributed by atoms with Gasteiger partial charge in [0.2, 0.25) is 5.91 Å². The molecule has 2 aliphatic carbocycles. The van der Waals surface area contributed by atoms with Gasteiger partial charge in [-0.3, -0.25) is 4.79 Å². The van der Waals surface area contributed by atoms with E-state index in [4.69, 9.17) is 5.11 Å². The van der Waals surface area contributed by atoms with Crippen molar-refractivity contribution >= 4 is 5.91 Å². The van der Waals surface area contributed by atoms with Crippen molar-refractivity contribution < 1.29 is 18.7 Å². The SMILES string of the molecule is O=C(NCC(O)C(F)F)C1C2CCCC21. The molecule has 0 heterocycles. The van der Waals surface area contributed by atoms with Crippen LogP contribution >= 0.6 is 0 Å². The molecule has 1 amide bonds. The van der Waals surface area contributed by atoms with Gasteiger partial charge in [0.15, 0.2) is 0 Å². The van der Waals surface area contributed by atoms with E-state index >= 15 is 0 Å². The third kappa shape index (κ3) is 2.12. The monoisotopic (exact) mass is 219 g/mol. The highest BCUT2D eigenvalue weighted by Crippen LogP contribution is 2.57. The predicted molar refractivity (Wildman–Crippen MR) is 49.3 cm³/mol. The first-order valence-electron chi connectivity index (χ1n) is 5.35. The van der Waals surface area contributed by atoms with Gasteiger partial charge < -0.3 is 10.4 Å². The Kier molecular flexibility index (Phi) is 2.91. The standard InChI is InChI=1S/C10H15F2NO2/c11-9(12)7(14)4-13-10(15)8-5-2-1-3-6(5)8/h5-9,14H,1-4H2,(H,13,15). The lowest BCUT2D eigenvalue weighted by molar-refractivity contribution is -0.124. The molecule has 0 aliphatic heterocycles. The molecule has 5 heteroatoms. The summed E-state index contributed by atoms with van der Waals surface area (Å²) in [6.07, 6.45) is -1.18. The van der Waals surface area contributed by atoms with E-state index in [2.05, 4.69) is 5.32 Å². The van der Waals surface area contributed by atoms with Gasteiger partial charge in [0.25, 0.3) is 6.43 Å². The molecule has 3 nitrogen and oxygen atoms in total. The minimum Gasteiger partial charge on any atom is -0.385 e. The summed E-state index contributed by atoms with van der Waals surface area (Å²) in [6, 6.07) is 0. The second-order valence-corrected chi connectivity index (χ2v) is 4.43. The van der Waals surface area contributed by atoms with Crippen molar-refractivity contribution in [3.63, 3.8) is 0 Å². The first-order chi connectivity index (χ1) is 7.11. The zero-order valence-corrected chi connectivity index (χ0v) is 8.33. The van der Waals surface area contributed by atoms with E-state index in [0.717, 1.165) is 12.8 Å². The van der Waals surface area contributed by atoms with Gasteiger partial charge in [-0.2, -0.15) is 0 Å². The molecule has 2 saturated carbocycles. The van der Waals surface area contributed by atoms with Crippen molar-refractivity contribution in [2.45, 2.75) is 31.8 Å². The van der Waals surface area contributed by atoms with Gasteiger partial charge in [-0.05, 0) is 24.7 Å². The van der Waals surface area contributed by atoms with Crippen molar-refractivity contribution in [1.29, 1.82) is 0 Å². The number of aliphatic hydroxyl groups is 1. The number of nitrogens with one attached hydrogen (secondary N) is 1. The Morgan fingerprint density at radius 2 is 2.00 bits per heavy atom. The molecule has 2 fully saturated rings. The number of aliphatic hydroxyl groups excluding tert-OH is 1. The molecule has 2 rings (SSSR count). The zero-order chi connectivity index (χ0) is 11.0. The third-order valence-electron chi connectivity index (χ3n) is 3.49. The maximum atomic E-state index is 11.9. The van der Waals surface area contributed by atoms with Gasteiger partial charge in [0, 0.05) is 12.5 Å². The number of alkyl halides is 2. The van der Waals surface area contributed by atoms with Crippen molar-refractivity contribution in [3.05, 3.63) is 0 Å². The van der Waals surface area contributed by atoms with Gasteiger partial charge in [0.1, 0.15) is 6.10 Å².